The van der Waals surface area contributed by atoms with E-state index in [0.717, 1.165) is 0 Å². The Morgan fingerprint density at radius 3 is 2.10 bits per heavy atom. The highest BCUT2D eigenvalue weighted by atomic mass is 35.5. The van der Waals surface area contributed by atoms with Gasteiger partial charge < -0.3 is 4.74 Å². The minimum absolute atomic E-state index is 0.0893. The number of primary sulfonamides is 1. The standard InChI is InChI=1S/C13H11Cl2NO3S/c1-19-12-3-2-8(6-13(12)20(16,17)18)9-4-10(14)7-11(15)5-9/h2-7H,1H3,(H2,16,17,18). The Morgan fingerprint density at radius 1 is 1.00 bits per heavy atom. The van der Waals surface area contributed by atoms with Gasteiger partial charge in [0.15, 0.2) is 0 Å². The lowest BCUT2D eigenvalue weighted by molar-refractivity contribution is 0.403. The average Bonchev–Trinajstić information content (AvgIpc) is 2.35. The van der Waals surface area contributed by atoms with Gasteiger partial charge in [-0.05, 0) is 41.5 Å². The van der Waals surface area contributed by atoms with E-state index >= 15 is 0 Å². The molecule has 2 aromatic rings. The minimum atomic E-state index is -3.89. The Labute approximate surface area is 127 Å². The van der Waals surface area contributed by atoms with Crippen molar-refractivity contribution >= 4 is 33.2 Å². The van der Waals surface area contributed by atoms with Crippen LogP contribution in [0.3, 0.4) is 0 Å². The molecule has 20 heavy (non-hydrogen) atoms. The average molecular weight is 332 g/mol. The van der Waals surface area contributed by atoms with E-state index in [1.54, 1.807) is 24.3 Å². The fourth-order valence-electron chi connectivity index (χ4n) is 1.80. The molecule has 0 aliphatic carbocycles. The molecule has 0 fully saturated rings. The molecule has 0 radical (unpaired) electrons. The smallest absolute Gasteiger partial charge is 0.241 e. The molecule has 0 saturated heterocycles. The van der Waals surface area contributed by atoms with Crippen LogP contribution in [0.1, 0.15) is 0 Å². The van der Waals surface area contributed by atoms with E-state index < -0.39 is 10.0 Å². The third kappa shape index (κ3) is 3.24. The van der Waals surface area contributed by atoms with Crippen molar-refractivity contribution < 1.29 is 13.2 Å². The summed E-state index contributed by atoms with van der Waals surface area (Å²) < 4.78 is 28.2. The molecule has 0 unspecified atom stereocenters. The molecule has 7 heteroatoms. The van der Waals surface area contributed by atoms with Crippen LogP contribution in [0.5, 0.6) is 5.75 Å². The van der Waals surface area contributed by atoms with Crippen molar-refractivity contribution in [2.75, 3.05) is 7.11 Å². The molecule has 2 N–H and O–H groups in total. The van der Waals surface area contributed by atoms with Crippen molar-refractivity contribution in [2.24, 2.45) is 5.14 Å². The minimum Gasteiger partial charge on any atom is -0.495 e. The quantitative estimate of drug-likeness (QED) is 0.937. The second-order valence-corrected chi connectivity index (χ2v) is 6.47. The SMILES string of the molecule is COc1ccc(-c2cc(Cl)cc(Cl)c2)cc1S(N)(=O)=O. The molecule has 0 saturated carbocycles. The van der Waals surface area contributed by atoms with E-state index in [4.69, 9.17) is 33.1 Å². The third-order valence-corrected chi connectivity index (χ3v) is 4.03. The number of halogens is 2. The first-order valence-corrected chi connectivity index (χ1v) is 7.79. The van der Waals surface area contributed by atoms with Crippen LogP contribution in [0, 0.1) is 0 Å². The maximum Gasteiger partial charge on any atom is 0.241 e. The van der Waals surface area contributed by atoms with Crippen LogP contribution in [-0.4, -0.2) is 15.5 Å². The normalized spacial score (nSPS) is 11.4. The maximum atomic E-state index is 11.6. The lowest BCUT2D eigenvalue weighted by atomic mass is 10.1. The van der Waals surface area contributed by atoms with Gasteiger partial charge in [-0.3, -0.25) is 0 Å². The second kappa shape index (κ2) is 5.61. The number of hydrogen-bond donors (Lipinski definition) is 1. The second-order valence-electron chi connectivity index (χ2n) is 4.07. The first-order chi connectivity index (χ1) is 9.31. The van der Waals surface area contributed by atoms with E-state index in [1.807, 2.05) is 0 Å². The molecule has 2 rings (SSSR count). The molecular formula is C13H11Cl2NO3S. The van der Waals surface area contributed by atoms with Crippen LogP contribution < -0.4 is 9.88 Å². The van der Waals surface area contributed by atoms with Crippen molar-refractivity contribution in [1.82, 2.24) is 0 Å². The number of methoxy groups -OCH3 is 1. The van der Waals surface area contributed by atoms with Crippen molar-refractivity contribution in [3.8, 4) is 16.9 Å². The van der Waals surface area contributed by atoms with Gasteiger partial charge in [-0.1, -0.05) is 29.3 Å². The lowest BCUT2D eigenvalue weighted by Crippen LogP contribution is -2.13. The fraction of sp³-hybridized carbons (Fsp3) is 0.0769. The molecule has 0 spiro atoms. The van der Waals surface area contributed by atoms with Gasteiger partial charge in [0.2, 0.25) is 10.0 Å². The molecule has 0 aliphatic rings. The van der Waals surface area contributed by atoms with Gasteiger partial charge in [0, 0.05) is 10.0 Å². The van der Waals surface area contributed by atoms with Gasteiger partial charge in [0.05, 0.1) is 7.11 Å². The topological polar surface area (TPSA) is 69.4 Å². The monoisotopic (exact) mass is 331 g/mol. The highest BCUT2D eigenvalue weighted by Crippen LogP contribution is 2.32. The predicted molar refractivity (Wildman–Crippen MR) is 79.8 cm³/mol. The zero-order chi connectivity index (χ0) is 14.9. The molecule has 4 nitrogen and oxygen atoms in total. The van der Waals surface area contributed by atoms with Crippen molar-refractivity contribution in [3.63, 3.8) is 0 Å². The first-order valence-electron chi connectivity index (χ1n) is 5.48. The van der Waals surface area contributed by atoms with Gasteiger partial charge in [0.25, 0.3) is 0 Å². The summed E-state index contributed by atoms with van der Waals surface area (Å²) in [6, 6.07) is 9.62. The fourth-order valence-corrected chi connectivity index (χ4v) is 3.05. The zero-order valence-corrected chi connectivity index (χ0v) is 12.8. The summed E-state index contributed by atoms with van der Waals surface area (Å²) in [5.41, 5.74) is 1.31. The van der Waals surface area contributed by atoms with Crippen LogP contribution in [0.15, 0.2) is 41.3 Å². The van der Waals surface area contributed by atoms with E-state index in [1.165, 1.54) is 19.2 Å². The van der Waals surface area contributed by atoms with E-state index in [0.29, 0.717) is 21.2 Å². The molecule has 2 aromatic carbocycles. The Bertz CT molecular complexity index is 740. The van der Waals surface area contributed by atoms with Crippen LogP contribution in [0.2, 0.25) is 10.0 Å². The summed E-state index contributed by atoms with van der Waals surface area (Å²) in [7, 11) is -2.51. The molecule has 0 atom stereocenters. The molecular weight excluding hydrogens is 321 g/mol. The van der Waals surface area contributed by atoms with Gasteiger partial charge in [0.1, 0.15) is 10.6 Å². The Hall–Kier alpha value is -1.27. The van der Waals surface area contributed by atoms with Crippen molar-refractivity contribution in [1.29, 1.82) is 0 Å². The van der Waals surface area contributed by atoms with Crippen LogP contribution in [-0.2, 0) is 10.0 Å². The third-order valence-electron chi connectivity index (χ3n) is 2.67. The summed E-state index contributed by atoms with van der Waals surface area (Å²) >= 11 is 11.9. The van der Waals surface area contributed by atoms with E-state index in [2.05, 4.69) is 0 Å². The summed E-state index contributed by atoms with van der Waals surface area (Å²) in [5.74, 6) is 0.185. The largest absolute Gasteiger partial charge is 0.495 e. The maximum absolute atomic E-state index is 11.6. The molecule has 0 amide bonds. The lowest BCUT2D eigenvalue weighted by Gasteiger charge is -2.10. The highest BCUT2D eigenvalue weighted by Gasteiger charge is 2.16. The summed E-state index contributed by atoms with van der Waals surface area (Å²) in [5, 5.41) is 6.10. The summed E-state index contributed by atoms with van der Waals surface area (Å²) in [6.07, 6.45) is 0. The van der Waals surface area contributed by atoms with E-state index in [-0.39, 0.29) is 10.6 Å². The Kier molecular flexibility index (Phi) is 4.25. The van der Waals surface area contributed by atoms with Crippen molar-refractivity contribution in [2.45, 2.75) is 4.90 Å². The number of ether oxygens (including phenoxy) is 1. The Balaban J connectivity index is 2.65. The number of benzene rings is 2. The number of sulfonamides is 1. The Morgan fingerprint density at radius 2 is 1.60 bits per heavy atom. The van der Waals surface area contributed by atoms with Crippen LogP contribution in [0.4, 0.5) is 0 Å². The van der Waals surface area contributed by atoms with Crippen LogP contribution >= 0.6 is 23.2 Å². The summed E-state index contributed by atoms with van der Waals surface area (Å²) in [6.45, 7) is 0. The number of nitrogens with two attached hydrogens (primary N) is 1. The molecule has 0 aromatic heterocycles. The van der Waals surface area contributed by atoms with Crippen LogP contribution in [0.25, 0.3) is 11.1 Å². The van der Waals surface area contributed by atoms with Gasteiger partial charge >= 0.3 is 0 Å². The number of hydrogen-bond acceptors (Lipinski definition) is 3. The van der Waals surface area contributed by atoms with Gasteiger partial charge in [-0.2, -0.15) is 0 Å². The molecule has 0 heterocycles. The molecule has 106 valence electrons. The van der Waals surface area contributed by atoms with Gasteiger partial charge in [-0.15, -0.1) is 0 Å². The zero-order valence-electron chi connectivity index (χ0n) is 10.4. The number of rotatable bonds is 3. The highest BCUT2D eigenvalue weighted by molar-refractivity contribution is 7.89. The first kappa shape index (κ1) is 15.1. The van der Waals surface area contributed by atoms with Crippen molar-refractivity contribution in [3.05, 3.63) is 46.4 Å². The predicted octanol–water partition coefficient (Wildman–Crippen LogP) is 3.32. The molecule has 0 bridgehead atoms. The molecule has 0 aliphatic heterocycles. The van der Waals surface area contributed by atoms with Gasteiger partial charge in [-0.25, -0.2) is 13.6 Å². The van der Waals surface area contributed by atoms with E-state index in [9.17, 15) is 8.42 Å². The summed E-state index contributed by atoms with van der Waals surface area (Å²) in [4.78, 5) is -0.0893.